The minimum Gasteiger partial charge on any atom is -0.385 e. The number of carbonyl (C=O) groups is 3. The predicted molar refractivity (Wildman–Crippen MR) is 67.3 cm³/mol. The number of halogens is 2. The molecule has 0 bridgehead atoms. The van der Waals surface area contributed by atoms with E-state index in [0.29, 0.717) is 12.8 Å². The predicted octanol–water partition coefficient (Wildman–Crippen LogP) is 1.89. The van der Waals surface area contributed by atoms with E-state index in [1.807, 2.05) is 0 Å². The van der Waals surface area contributed by atoms with Gasteiger partial charge in [0.25, 0.3) is 0 Å². The van der Waals surface area contributed by atoms with Crippen molar-refractivity contribution in [3.05, 3.63) is 0 Å². The van der Waals surface area contributed by atoms with E-state index >= 15 is 0 Å². The first-order valence-electron chi connectivity index (χ1n) is 5.94. The van der Waals surface area contributed by atoms with Crippen LogP contribution in [0.3, 0.4) is 0 Å². The Morgan fingerprint density at radius 2 is 1.95 bits per heavy atom. The molecule has 1 saturated carbocycles. The van der Waals surface area contributed by atoms with Gasteiger partial charge in [0.2, 0.25) is 10.5 Å². The van der Waals surface area contributed by atoms with Gasteiger partial charge >= 0.3 is 0 Å². The summed E-state index contributed by atoms with van der Waals surface area (Å²) in [6, 6.07) is 0. The molecule has 1 aliphatic rings. The number of hydrogen-bond acceptors (Lipinski definition) is 4. The third-order valence-corrected chi connectivity index (χ3v) is 4.03. The first kappa shape index (κ1) is 20.0. The maximum atomic E-state index is 11.9. The number of aliphatic hydroxyl groups is 1. The minimum absolute atomic E-state index is 0. The van der Waals surface area contributed by atoms with Gasteiger partial charge in [0.05, 0.1) is 0 Å². The summed E-state index contributed by atoms with van der Waals surface area (Å²) in [6.07, 6.45) is 0.278. The van der Waals surface area contributed by atoms with Gasteiger partial charge in [-0.05, 0) is 48.4 Å². The van der Waals surface area contributed by atoms with Gasteiger partial charge in [-0.2, -0.15) is 0 Å². The molecule has 0 amide bonds. The fourth-order valence-electron chi connectivity index (χ4n) is 2.38. The van der Waals surface area contributed by atoms with Crippen LogP contribution >= 0.6 is 23.2 Å². The van der Waals surface area contributed by atoms with Crippen LogP contribution in [0.4, 0.5) is 0 Å². The van der Waals surface area contributed by atoms with E-state index < -0.39 is 28.4 Å². The van der Waals surface area contributed by atoms with Crippen LogP contribution in [-0.2, 0) is 14.4 Å². The van der Waals surface area contributed by atoms with Gasteiger partial charge in [-0.15, -0.1) is 0 Å². The van der Waals surface area contributed by atoms with Gasteiger partial charge in [-0.3, -0.25) is 14.4 Å². The molecule has 0 aromatic heterocycles. The van der Waals surface area contributed by atoms with Crippen LogP contribution in [0.15, 0.2) is 0 Å². The van der Waals surface area contributed by atoms with Gasteiger partial charge in [0.1, 0.15) is 6.10 Å². The second-order valence-corrected chi connectivity index (χ2v) is 5.61. The van der Waals surface area contributed by atoms with Crippen molar-refractivity contribution in [2.24, 2.45) is 17.8 Å². The van der Waals surface area contributed by atoms with Crippen molar-refractivity contribution in [1.82, 2.24) is 0 Å². The average Bonchev–Trinajstić information content (AvgIpc) is 2.28. The topological polar surface area (TPSA) is 71.4 Å². The monoisotopic (exact) mass is 521 g/mol. The molecule has 105 valence electrons. The Hall–Kier alpha value is 0.992. The molecule has 1 fully saturated rings. The summed E-state index contributed by atoms with van der Waals surface area (Å²) in [5.74, 6) is -1.79. The Balaban J connectivity index is 0.00000324. The second-order valence-electron chi connectivity index (χ2n) is 4.81. The quantitative estimate of drug-likeness (QED) is 0.561. The molecule has 4 nitrogen and oxygen atoms in total. The molecule has 4 unspecified atom stereocenters. The summed E-state index contributed by atoms with van der Waals surface area (Å²) < 4.78 is 0. The van der Waals surface area contributed by atoms with Crippen LogP contribution in [0.5, 0.6) is 0 Å². The zero-order valence-corrected chi connectivity index (χ0v) is 16.9. The van der Waals surface area contributed by atoms with E-state index in [2.05, 4.69) is 0 Å². The van der Waals surface area contributed by atoms with E-state index in [0.717, 1.165) is 0 Å². The standard InChI is InChI=1S/C12H16Cl2O4.Ac/c1-6-2-3-7(11(17)10(6)16)8(12(14)18)4-5-9(13)15;/h6-8,10,16H,2-5H2,1H3;. The Labute approximate surface area is 158 Å². The van der Waals surface area contributed by atoms with Gasteiger partial charge < -0.3 is 5.11 Å². The normalized spacial score (nSPS) is 28.4. The Morgan fingerprint density at radius 1 is 1.37 bits per heavy atom. The van der Waals surface area contributed by atoms with Crippen molar-refractivity contribution in [3.63, 3.8) is 0 Å². The molecule has 0 aromatic carbocycles. The van der Waals surface area contributed by atoms with Crippen LogP contribution in [0.25, 0.3) is 0 Å². The van der Waals surface area contributed by atoms with E-state index in [-0.39, 0.29) is 68.6 Å². The van der Waals surface area contributed by atoms with Crippen LogP contribution in [0.2, 0.25) is 0 Å². The molecule has 19 heavy (non-hydrogen) atoms. The van der Waals surface area contributed by atoms with Crippen LogP contribution in [-0.4, -0.2) is 27.5 Å². The Bertz CT molecular complexity index is 362. The van der Waals surface area contributed by atoms with Crippen LogP contribution < -0.4 is 0 Å². The summed E-state index contributed by atoms with van der Waals surface area (Å²) in [7, 11) is 0. The molecule has 1 radical (unpaired) electrons. The van der Waals surface area contributed by atoms with Crippen molar-refractivity contribution >= 4 is 39.5 Å². The fourth-order valence-corrected chi connectivity index (χ4v) is 2.75. The maximum Gasteiger partial charge on any atom is 0.225 e. The SMILES string of the molecule is CC1CCC(C(CCC(=O)Cl)C(=O)Cl)C(=O)C1O.[Ac]. The molecule has 0 aromatic rings. The Morgan fingerprint density at radius 3 is 2.42 bits per heavy atom. The molecular formula is C12H16AcCl2O4. The van der Waals surface area contributed by atoms with E-state index in [4.69, 9.17) is 23.2 Å². The molecule has 1 rings (SSSR count). The molecule has 0 saturated heterocycles. The summed E-state index contributed by atoms with van der Waals surface area (Å²) in [5.41, 5.74) is 0. The van der Waals surface area contributed by atoms with Gasteiger partial charge in [0, 0.05) is 62.3 Å². The fraction of sp³-hybridized carbons (Fsp3) is 0.750. The minimum atomic E-state index is -1.05. The number of Topliss-reactive ketones (excluding diaryl/α,β-unsaturated/α-hetero) is 1. The third-order valence-electron chi connectivity index (χ3n) is 3.56. The number of carbonyl (C=O) groups excluding carboxylic acids is 3. The number of hydrogen-bond donors (Lipinski definition) is 1. The second kappa shape index (κ2) is 9.10. The van der Waals surface area contributed by atoms with Gasteiger partial charge in [-0.25, -0.2) is 0 Å². The van der Waals surface area contributed by atoms with Crippen LogP contribution in [0, 0.1) is 61.8 Å². The van der Waals surface area contributed by atoms with Crippen molar-refractivity contribution in [1.29, 1.82) is 0 Å². The summed E-state index contributed by atoms with van der Waals surface area (Å²) in [6.45, 7) is 1.79. The molecule has 1 N–H and O–H groups in total. The van der Waals surface area contributed by atoms with Crippen molar-refractivity contribution in [3.8, 4) is 0 Å². The van der Waals surface area contributed by atoms with E-state index in [9.17, 15) is 19.5 Å². The molecule has 0 spiro atoms. The van der Waals surface area contributed by atoms with Crippen molar-refractivity contribution in [2.75, 3.05) is 0 Å². The first-order valence-corrected chi connectivity index (χ1v) is 6.69. The number of ketones is 1. The smallest absolute Gasteiger partial charge is 0.225 e. The zero-order chi connectivity index (χ0) is 13.9. The summed E-state index contributed by atoms with van der Waals surface area (Å²) in [4.78, 5) is 34.0. The maximum absolute atomic E-state index is 11.9. The largest absolute Gasteiger partial charge is 0.385 e. The number of rotatable bonds is 5. The van der Waals surface area contributed by atoms with E-state index in [1.54, 1.807) is 6.92 Å². The summed E-state index contributed by atoms with van der Waals surface area (Å²) in [5, 5.41) is 8.52. The van der Waals surface area contributed by atoms with Crippen molar-refractivity contribution in [2.45, 2.75) is 38.7 Å². The van der Waals surface area contributed by atoms with Gasteiger partial charge in [0.15, 0.2) is 5.78 Å². The molecule has 4 atom stereocenters. The van der Waals surface area contributed by atoms with Crippen molar-refractivity contribution < 1.29 is 63.6 Å². The zero-order valence-electron chi connectivity index (χ0n) is 10.6. The molecule has 1 aliphatic carbocycles. The Kier molecular flexibility index (Phi) is 9.57. The summed E-state index contributed by atoms with van der Waals surface area (Å²) >= 11 is 10.7. The average molecular weight is 522 g/mol. The van der Waals surface area contributed by atoms with Gasteiger partial charge in [-0.1, -0.05) is 6.92 Å². The number of aliphatic hydroxyl groups excluding tert-OH is 1. The van der Waals surface area contributed by atoms with Crippen LogP contribution in [0.1, 0.15) is 32.6 Å². The first-order chi connectivity index (χ1) is 8.34. The van der Waals surface area contributed by atoms with E-state index in [1.165, 1.54) is 0 Å². The molecule has 0 aliphatic heterocycles. The third kappa shape index (κ3) is 5.71. The molecule has 7 heteroatoms. The molecular weight excluding hydrogens is 506 g/mol. The molecule has 0 heterocycles.